The molecule has 0 radical (unpaired) electrons. The lowest BCUT2D eigenvalue weighted by atomic mass is 10.0. The molecule has 1 aromatic heterocycles. The quantitative estimate of drug-likeness (QED) is 0.404. The molecule has 0 bridgehead atoms. The molecule has 2 aromatic carbocycles. The Labute approximate surface area is 214 Å². The van der Waals surface area contributed by atoms with Gasteiger partial charge in [-0.25, -0.2) is 9.97 Å². The Balaban J connectivity index is 1.46. The monoisotopic (exact) mass is 509 g/mol. The van der Waals surface area contributed by atoms with Crippen LogP contribution in [0.25, 0.3) is 11.3 Å². The van der Waals surface area contributed by atoms with Crippen molar-refractivity contribution < 1.29 is 19.4 Å². The fourth-order valence-electron chi connectivity index (χ4n) is 4.00. The van der Waals surface area contributed by atoms with Gasteiger partial charge in [0, 0.05) is 23.7 Å². The molecule has 188 valence electrons. The van der Waals surface area contributed by atoms with E-state index < -0.39 is 0 Å². The van der Waals surface area contributed by atoms with Gasteiger partial charge in [-0.2, -0.15) is 0 Å². The number of nitrogens with zero attached hydrogens (tertiary/aromatic N) is 3. The number of fused-ring (bicyclic) bond motifs is 1. The number of benzene rings is 2. The number of ether oxygens (including phenoxy) is 1. The van der Waals surface area contributed by atoms with Crippen LogP contribution in [0.1, 0.15) is 41.4 Å². The summed E-state index contributed by atoms with van der Waals surface area (Å²) < 4.78 is 5.25. The standard InChI is InChI=1S/C26H28ClN5O4/c1-15(14-33)29-26-28-11-22(27)24(31-26)18-7-8-19-12-32(25(35)21(19)10-18)13-23(34)30-16(2)17-5-4-6-20(9-17)36-3/h4-11,15-16,33H,12-14H2,1-3H3,(H,30,34)(H,28,29,31)/t15-,16+/m0/s1. The average molecular weight is 510 g/mol. The Morgan fingerprint density at radius 1 is 1.25 bits per heavy atom. The molecule has 0 fully saturated rings. The molecule has 1 aliphatic heterocycles. The van der Waals surface area contributed by atoms with Crippen molar-refractivity contribution in [2.45, 2.75) is 32.5 Å². The fourth-order valence-corrected chi connectivity index (χ4v) is 4.20. The highest BCUT2D eigenvalue weighted by atomic mass is 35.5. The Morgan fingerprint density at radius 2 is 2.06 bits per heavy atom. The van der Waals surface area contributed by atoms with E-state index in [1.54, 1.807) is 20.1 Å². The van der Waals surface area contributed by atoms with E-state index in [0.717, 1.165) is 11.1 Å². The molecule has 10 heteroatoms. The molecule has 2 amide bonds. The van der Waals surface area contributed by atoms with Crippen LogP contribution in [0.5, 0.6) is 5.75 Å². The predicted molar refractivity (Wildman–Crippen MR) is 137 cm³/mol. The molecule has 2 atom stereocenters. The number of halogens is 1. The Hall–Kier alpha value is -3.69. The zero-order chi connectivity index (χ0) is 25.8. The van der Waals surface area contributed by atoms with Crippen LogP contribution < -0.4 is 15.4 Å². The van der Waals surface area contributed by atoms with Crippen LogP contribution >= 0.6 is 11.6 Å². The molecule has 0 saturated carbocycles. The van der Waals surface area contributed by atoms with Gasteiger partial charge < -0.3 is 25.4 Å². The van der Waals surface area contributed by atoms with Gasteiger partial charge in [-0.3, -0.25) is 9.59 Å². The second-order valence-corrected chi connectivity index (χ2v) is 9.12. The fraction of sp³-hybridized carbons (Fsp3) is 0.308. The third-order valence-electron chi connectivity index (χ3n) is 5.96. The van der Waals surface area contributed by atoms with Crippen LogP contribution in [-0.4, -0.2) is 58.1 Å². The number of anilines is 1. The van der Waals surface area contributed by atoms with Crippen molar-refractivity contribution in [3.05, 3.63) is 70.4 Å². The molecule has 1 aliphatic rings. The number of aliphatic hydroxyl groups is 1. The van der Waals surface area contributed by atoms with Gasteiger partial charge >= 0.3 is 0 Å². The molecule has 36 heavy (non-hydrogen) atoms. The first-order chi connectivity index (χ1) is 17.3. The minimum Gasteiger partial charge on any atom is -0.497 e. The molecule has 3 aromatic rings. The molecule has 4 rings (SSSR count). The van der Waals surface area contributed by atoms with Gasteiger partial charge in [0.2, 0.25) is 11.9 Å². The highest BCUT2D eigenvalue weighted by molar-refractivity contribution is 6.33. The molecular formula is C26H28ClN5O4. The smallest absolute Gasteiger partial charge is 0.254 e. The van der Waals surface area contributed by atoms with E-state index in [2.05, 4.69) is 20.6 Å². The van der Waals surface area contributed by atoms with E-state index in [-0.39, 0.29) is 37.0 Å². The largest absolute Gasteiger partial charge is 0.497 e. The molecule has 3 N–H and O–H groups in total. The highest BCUT2D eigenvalue weighted by Crippen LogP contribution is 2.31. The number of hydrogen-bond donors (Lipinski definition) is 3. The molecule has 0 unspecified atom stereocenters. The number of aliphatic hydroxyl groups excluding tert-OH is 1. The molecule has 0 saturated heterocycles. The van der Waals surface area contributed by atoms with E-state index >= 15 is 0 Å². The maximum atomic E-state index is 13.1. The number of amides is 2. The lowest BCUT2D eigenvalue weighted by Crippen LogP contribution is -2.38. The van der Waals surface area contributed by atoms with E-state index in [0.29, 0.717) is 40.1 Å². The number of carbonyl (C=O) groups is 2. The summed E-state index contributed by atoms with van der Waals surface area (Å²) in [7, 11) is 1.59. The van der Waals surface area contributed by atoms with Crippen molar-refractivity contribution in [2.24, 2.45) is 0 Å². The van der Waals surface area contributed by atoms with Crippen LogP contribution in [0.2, 0.25) is 5.02 Å². The van der Waals surface area contributed by atoms with Gasteiger partial charge in [-0.15, -0.1) is 0 Å². The molecule has 2 heterocycles. The molecule has 0 spiro atoms. The topological polar surface area (TPSA) is 117 Å². The first-order valence-electron chi connectivity index (χ1n) is 11.5. The van der Waals surface area contributed by atoms with Gasteiger partial charge in [0.15, 0.2) is 0 Å². The summed E-state index contributed by atoms with van der Waals surface area (Å²) >= 11 is 6.35. The number of rotatable bonds is 9. The van der Waals surface area contributed by atoms with Gasteiger partial charge in [-0.1, -0.05) is 35.9 Å². The SMILES string of the molecule is COc1cccc([C@@H](C)NC(=O)CN2Cc3ccc(-c4nc(N[C@@H](C)CO)ncc4Cl)cc3C2=O)c1. The Morgan fingerprint density at radius 3 is 2.81 bits per heavy atom. The second-order valence-electron chi connectivity index (χ2n) is 8.72. The summed E-state index contributed by atoms with van der Waals surface area (Å²) in [6, 6.07) is 12.4. The summed E-state index contributed by atoms with van der Waals surface area (Å²) in [5, 5.41) is 15.5. The van der Waals surface area contributed by atoms with Crippen LogP contribution in [-0.2, 0) is 11.3 Å². The first kappa shape index (κ1) is 25.4. The third-order valence-corrected chi connectivity index (χ3v) is 6.24. The summed E-state index contributed by atoms with van der Waals surface area (Å²) in [5.74, 6) is 0.558. The van der Waals surface area contributed by atoms with Gasteiger partial charge in [-0.05, 0) is 43.2 Å². The normalized spacial score (nSPS) is 14.2. The van der Waals surface area contributed by atoms with Crippen LogP contribution in [0, 0.1) is 0 Å². The minimum absolute atomic E-state index is 0.0570. The zero-order valence-electron chi connectivity index (χ0n) is 20.3. The van der Waals surface area contributed by atoms with Crippen molar-refractivity contribution >= 4 is 29.4 Å². The predicted octanol–water partition coefficient (Wildman–Crippen LogP) is 3.43. The van der Waals surface area contributed by atoms with Crippen molar-refractivity contribution in [2.75, 3.05) is 25.6 Å². The van der Waals surface area contributed by atoms with Crippen LogP contribution in [0.3, 0.4) is 0 Å². The minimum atomic E-state index is -0.251. The first-order valence-corrected chi connectivity index (χ1v) is 11.9. The lowest BCUT2D eigenvalue weighted by molar-refractivity contribution is -0.122. The van der Waals surface area contributed by atoms with Gasteiger partial charge in [0.25, 0.3) is 5.91 Å². The zero-order valence-corrected chi connectivity index (χ0v) is 21.0. The number of hydrogen-bond acceptors (Lipinski definition) is 7. The number of carbonyl (C=O) groups excluding carboxylic acids is 2. The third kappa shape index (κ3) is 5.58. The van der Waals surface area contributed by atoms with Gasteiger partial charge in [0.1, 0.15) is 12.3 Å². The molecule has 9 nitrogen and oxygen atoms in total. The van der Waals surface area contributed by atoms with E-state index in [9.17, 15) is 14.7 Å². The Kier molecular flexibility index (Phi) is 7.71. The summed E-state index contributed by atoms with van der Waals surface area (Å²) in [4.78, 5) is 36.0. The van der Waals surface area contributed by atoms with Crippen molar-refractivity contribution in [3.63, 3.8) is 0 Å². The average Bonchev–Trinajstić information content (AvgIpc) is 3.19. The maximum Gasteiger partial charge on any atom is 0.254 e. The van der Waals surface area contributed by atoms with E-state index in [1.165, 1.54) is 11.1 Å². The number of methoxy groups -OCH3 is 1. The van der Waals surface area contributed by atoms with Crippen molar-refractivity contribution in [1.29, 1.82) is 0 Å². The van der Waals surface area contributed by atoms with Crippen molar-refractivity contribution in [3.8, 4) is 17.0 Å². The second kappa shape index (κ2) is 10.9. The van der Waals surface area contributed by atoms with Crippen LogP contribution in [0.4, 0.5) is 5.95 Å². The lowest BCUT2D eigenvalue weighted by Gasteiger charge is -2.19. The summed E-state index contributed by atoms with van der Waals surface area (Å²) in [5.41, 5.74) is 3.38. The van der Waals surface area contributed by atoms with Gasteiger partial charge in [0.05, 0.1) is 36.7 Å². The number of aromatic nitrogens is 2. The van der Waals surface area contributed by atoms with E-state index in [1.807, 2.05) is 43.3 Å². The summed E-state index contributed by atoms with van der Waals surface area (Å²) in [6.45, 7) is 3.89. The maximum absolute atomic E-state index is 13.1. The highest BCUT2D eigenvalue weighted by Gasteiger charge is 2.30. The van der Waals surface area contributed by atoms with Crippen LogP contribution in [0.15, 0.2) is 48.7 Å². The summed E-state index contributed by atoms with van der Waals surface area (Å²) in [6.07, 6.45) is 1.48. The molecular weight excluding hydrogens is 482 g/mol. The molecule has 0 aliphatic carbocycles. The van der Waals surface area contributed by atoms with Crippen molar-refractivity contribution in [1.82, 2.24) is 20.2 Å². The van der Waals surface area contributed by atoms with E-state index in [4.69, 9.17) is 16.3 Å². The Bertz CT molecular complexity index is 1280. The number of nitrogens with one attached hydrogen (secondary N) is 2.